The highest BCUT2D eigenvalue weighted by atomic mass is 16.6. The molecule has 2 aromatic rings. The fourth-order valence-electron chi connectivity index (χ4n) is 4.13. The van der Waals surface area contributed by atoms with Crippen molar-refractivity contribution in [1.29, 1.82) is 0 Å². The molecule has 0 saturated carbocycles. The van der Waals surface area contributed by atoms with E-state index in [9.17, 15) is 4.79 Å². The normalized spacial score (nSPS) is 20.6. The van der Waals surface area contributed by atoms with Gasteiger partial charge in [-0.15, -0.1) is 0 Å². The number of hydrogen-bond donors (Lipinski definition) is 0. The number of nitrogens with zero attached hydrogens (tertiary/aromatic N) is 1. The molecule has 0 aliphatic carbocycles. The first-order chi connectivity index (χ1) is 13.7. The van der Waals surface area contributed by atoms with Crippen LogP contribution in [0.15, 0.2) is 60.7 Å². The highest BCUT2D eigenvalue weighted by Gasteiger charge is 2.40. The molecule has 1 saturated heterocycles. The third kappa shape index (κ3) is 4.06. The summed E-state index contributed by atoms with van der Waals surface area (Å²) in [5.74, 6) is 0.914. The third-order valence-electron chi connectivity index (χ3n) is 5.49. The van der Waals surface area contributed by atoms with Gasteiger partial charge >= 0.3 is 6.09 Å². The number of carbonyl (C=O) groups is 1. The van der Waals surface area contributed by atoms with Gasteiger partial charge in [0.25, 0.3) is 0 Å². The van der Waals surface area contributed by atoms with Gasteiger partial charge in [-0.2, -0.15) is 0 Å². The van der Waals surface area contributed by atoms with Crippen molar-refractivity contribution in [2.45, 2.75) is 51.3 Å². The van der Waals surface area contributed by atoms with Gasteiger partial charge in [0.05, 0.1) is 12.6 Å². The second kappa shape index (κ2) is 8.51. The molecule has 2 unspecified atom stereocenters. The second-order valence-electron chi connectivity index (χ2n) is 7.52. The predicted octanol–water partition coefficient (Wildman–Crippen LogP) is 5.43. The molecule has 2 aliphatic heterocycles. The summed E-state index contributed by atoms with van der Waals surface area (Å²) < 4.78 is 11.4. The lowest BCUT2D eigenvalue weighted by Crippen LogP contribution is -2.43. The lowest BCUT2D eigenvalue weighted by molar-refractivity contribution is 0.0832. The van der Waals surface area contributed by atoms with E-state index >= 15 is 0 Å². The topological polar surface area (TPSA) is 38.8 Å². The quantitative estimate of drug-likeness (QED) is 0.673. The minimum Gasteiger partial charge on any atom is -0.494 e. The number of rotatable bonds is 6. The second-order valence-corrected chi connectivity index (χ2v) is 7.52. The first-order valence-electron chi connectivity index (χ1n) is 10.2. The molecule has 1 amide bonds. The van der Waals surface area contributed by atoms with E-state index in [1.165, 1.54) is 11.1 Å². The van der Waals surface area contributed by atoms with Gasteiger partial charge in [0.15, 0.2) is 0 Å². The Bertz CT molecular complexity index is 846. The molecule has 2 atom stereocenters. The molecular weight excluding hydrogens is 350 g/mol. The largest absolute Gasteiger partial charge is 0.494 e. The molecule has 2 bridgehead atoms. The summed E-state index contributed by atoms with van der Waals surface area (Å²) in [6.45, 7) is 3.16. The van der Waals surface area contributed by atoms with E-state index in [1.54, 1.807) is 0 Å². The molecule has 28 heavy (non-hydrogen) atoms. The Kier molecular flexibility index (Phi) is 5.65. The first kappa shape index (κ1) is 18.6. The summed E-state index contributed by atoms with van der Waals surface area (Å²) in [7, 11) is 0. The summed E-state index contributed by atoms with van der Waals surface area (Å²) in [5, 5.41) is 0. The molecule has 2 aromatic carbocycles. The number of amides is 1. The van der Waals surface area contributed by atoms with Crippen molar-refractivity contribution < 1.29 is 14.3 Å². The number of carbonyl (C=O) groups excluding carboxylic acids is 1. The summed E-state index contributed by atoms with van der Waals surface area (Å²) in [6, 6.07) is 18.5. The maximum Gasteiger partial charge on any atom is 0.410 e. The highest BCUT2D eigenvalue weighted by Crippen LogP contribution is 2.39. The average Bonchev–Trinajstić information content (AvgIpc) is 3.01. The fourth-order valence-corrected chi connectivity index (χ4v) is 4.13. The molecule has 0 radical (unpaired) electrons. The molecule has 2 heterocycles. The van der Waals surface area contributed by atoms with Crippen molar-refractivity contribution in [3.63, 3.8) is 0 Å². The van der Waals surface area contributed by atoms with Gasteiger partial charge in [-0.3, -0.25) is 4.90 Å². The maximum atomic E-state index is 12.7. The van der Waals surface area contributed by atoms with Crippen LogP contribution in [0.25, 0.3) is 5.57 Å². The maximum absolute atomic E-state index is 12.7. The van der Waals surface area contributed by atoms with Crippen molar-refractivity contribution in [2.75, 3.05) is 6.61 Å². The number of ether oxygens (including phenoxy) is 2. The van der Waals surface area contributed by atoms with Crippen LogP contribution in [-0.2, 0) is 11.3 Å². The Balaban J connectivity index is 1.44. The Morgan fingerprint density at radius 3 is 2.75 bits per heavy atom. The van der Waals surface area contributed by atoms with Crippen LogP contribution in [0, 0.1) is 0 Å². The Hall–Kier alpha value is -2.75. The Morgan fingerprint density at radius 2 is 1.96 bits per heavy atom. The van der Waals surface area contributed by atoms with E-state index in [0.717, 1.165) is 43.6 Å². The van der Waals surface area contributed by atoms with Gasteiger partial charge in [-0.25, -0.2) is 4.79 Å². The van der Waals surface area contributed by atoms with Gasteiger partial charge < -0.3 is 9.47 Å². The molecule has 4 heteroatoms. The lowest BCUT2D eigenvalue weighted by Gasteiger charge is -2.33. The molecule has 0 N–H and O–H groups in total. The van der Waals surface area contributed by atoms with E-state index in [1.807, 2.05) is 47.4 Å². The van der Waals surface area contributed by atoms with E-state index in [-0.39, 0.29) is 18.2 Å². The summed E-state index contributed by atoms with van der Waals surface area (Å²) in [4.78, 5) is 14.6. The lowest BCUT2D eigenvalue weighted by atomic mass is 9.95. The van der Waals surface area contributed by atoms with E-state index in [0.29, 0.717) is 6.61 Å². The molecular formula is C24H27NO3. The molecule has 4 rings (SSSR count). The Morgan fingerprint density at radius 1 is 1.11 bits per heavy atom. The van der Waals surface area contributed by atoms with Crippen molar-refractivity contribution in [3.05, 3.63) is 71.8 Å². The average molecular weight is 377 g/mol. The summed E-state index contributed by atoms with van der Waals surface area (Å²) >= 11 is 0. The summed E-state index contributed by atoms with van der Waals surface area (Å²) in [5.41, 5.74) is 3.52. The highest BCUT2D eigenvalue weighted by molar-refractivity contribution is 5.75. The van der Waals surface area contributed by atoms with Gasteiger partial charge in [0.1, 0.15) is 12.4 Å². The number of fused-ring (bicyclic) bond motifs is 2. The minimum atomic E-state index is -0.202. The van der Waals surface area contributed by atoms with Gasteiger partial charge in [-0.1, -0.05) is 55.5 Å². The van der Waals surface area contributed by atoms with E-state index in [4.69, 9.17) is 9.47 Å². The SMILES string of the molecule is CCCOc1cccc(C2=CC3CCC(C2)N3C(=O)OCc2ccccc2)c1. The zero-order valence-electron chi connectivity index (χ0n) is 16.3. The van der Waals surface area contributed by atoms with Crippen LogP contribution in [0.3, 0.4) is 0 Å². The van der Waals surface area contributed by atoms with Crippen molar-refractivity contribution >= 4 is 11.7 Å². The summed E-state index contributed by atoms with van der Waals surface area (Å²) in [6.07, 6.45) is 5.93. The van der Waals surface area contributed by atoms with Crippen LogP contribution in [-0.4, -0.2) is 29.7 Å². The van der Waals surface area contributed by atoms with Crippen LogP contribution < -0.4 is 4.74 Å². The van der Waals surface area contributed by atoms with Crippen LogP contribution in [0.4, 0.5) is 4.79 Å². The molecule has 0 spiro atoms. The molecule has 146 valence electrons. The first-order valence-corrected chi connectivity index (χ1v) is 10.2. The smallest absolute Gasteiger partial charge is 0.410 e. The zero-order valence-corrected chi connectivity index (χ0v) is 16.3. The monoisotopic (exact) mass is 377 g/mol. The number of benzene rings is 2. The zero-order chi connectivity index (χ0) is 19.3. The van der Waals surface area contributed by atoms with Crippen LogP contribution in [0.2, 0.25) is 0 Å². The predicted molar refractivity (Wildman–Crippen MR) is 110 cm³/mol. The molecule has 2 aliphatic rings. The molecule has 1 fully saturated rings. The Labute approximate surface area is 166 Å². The van der Waals surface area contributed by atoms with Gasteiger partial charge in [-0.05, 0) is 54.5 Å². The van der Waals surface area contributed by atoms with Crippen LogP contribution in [0.1, 0.15) is 43.7 Å². The van der Waals surface area contributed by atoms with Crippen LogP contribution in [0.5, 0.6) is 5.75 Å². The van der Waals surface area contributed by atoms with Crippen molar-refractivity contribution in [3.8, 4) is 5.75 Å². The minimum absolute atomic E-state index is 0.122. The van der Waals surface area contributed by atoms with E-state index in [2.05, 4.69) is 25.1 Å². The van der Waals surface area contributed by atoms with Gasteiger partial charge in [0, 0.05) is 6.04 Å². The fraction of sp³-hybridized carbons (Fsp3) is 0.375. The van der Waals surface area contributed by atoms with Crippen molar-refractivity contribution in [2.24, 2.45) is 0 Å². The van der Waals surface area contributed by atoms with Crippen molar-refractivity contribution in [1.82, 2.24) is 4.90 Å². The van der Waals surface area contributed by atoms with Gasteiger partial charge in [0.2, 0.25) is 0 Å². The third-order valence-corrected chi connectivity index (χ3v) is 5.49. The molecule has 0 aromatic heterocycles. The van der Waals surface area contributed by atoms with Crippen LogP contribution >= 0.6 is 0 Å². The standard InChI is InChI=1S/C24H27NO3/c1-2-13-27-23-10-6-9-19(16-23)20-14-21-11-12-22(15-20)25(21)24(26)28-17-18-7-4-3-5-8-18/h3-10,14,16,21-22H,2,11-13,15,17H2,1H3. The van der Waals surface area contributed by atoms with E-state index < -0.39 is 0 Å². The number of hydrogen-bond acceptors (Lipinski definition) is 3. The molecule has 4 nitrogen and oxygen atoms in total.